The van der Waals surface area contributed by atoms with Gasteiger partial charge in [0.2, 0.25) is 0 Å². The molecular formula is C20H17FN2O4S. The predicted molar refractivity (Wildman–Crippen MR) is 104 cm³/mol. The van der Waals surface area contributed by atoms with Crippen molar-refractivity contribution in [3.05, 3.63) is 99.9 Å². The minimum atomic E-state index is -4.00. The molecule has 8 heteroatoms. The van der Waals surface area contributed by atoms with Crippen molar-refractivity contribution >= 4 is 21.4 Å². The molecule has 3 aromatic carbocycles. The van der Waals surface area contributed by atoms with Gasteiger partial charge in [-0.1, -0.05) is 29.8 Å². The van der Waals surface area contributed by atoms with Crippen molar-refractivity contribution in [1.82, 2.24) is 0 Å². The molecule has 0 fully saturated rings. The van der Waals surface area contributed by atoms with E-state index in [-0.39, 0.29) is 17.1 Å². The van der Waals surface area contributed by atoms with E-state index >= 15 is 0 Å². The van der Waals surface area contributed by atoms with Gasteiger partial charge in [0.25, 0.3) is 15.7 Å². The summed E-state index contributed by atoms with van der Waals surface area (Å²) in [5.41, 5.74) is 1.82. The third-order valence-corrected chi connectivity index (χ3v) is 5.99. The highest BCUT2D eigenvalue weighted by Gasteiger charge is 2.26. The lowest BCUT2D eigenvalue weighted by Crippen LogP contribution is -2.30. The number of rotatable bonds is 6. The number of anilines is 1. The zero-order valence-electron chi connectivity index (χ0n) is 14.9. The third-order valence-electron chi connectivity index (χ3n) is 4.20. The second kappa shape index (κ2) is 7.77. The summed E-state index contributed by atoms with van der Waals surface area (Å²) in [6.45, 7) is 1.88. The molecule has 0 atom stereocenters. The van der Waals surface area contributed by atoms with E-state index in [1.165, 1.54) is 40.7 Å². The summed E-state index contributed by atoms with van der Waals surface area (Å²) in [7, 11) is -4.00. The Balaban J connectivity index is 2.04. The van der Waals surface area contributed by atoms with Gasteiger partial charge < -0.3 is 0 Å². The topological polar surface area (TPSA) is 80.5 Å². The van der Waals surface area contributed by atoms with Crippen molar-refractivity contribution in [2.24, 2.45) is 0 Å². The summed E-state index contributed by atoms with van der Waals surface area (Å²) in [6, 6.07) is 17.2. The Morgan fingerprint density at radius 2 is 1.50 bits per heavy atom. The molecule has 28 heavy (non-hydrogen) atoms. The average molecular weight is 400 g/mol. The Labute approximate surface area is 162 Å². The number of benzene rings is 3. The number of nitro groups is 1. The van der Waals surface area contributed by atoms with Gasteiger partial charge in [-0.2, -0.15) is 0 Å². The van der Waals surface area contributed by atoms with E-state index in [1.54, 1.807) is 24.3 Å². The molecule has 0 heterocycles. The molecule has 0 saturated carbocycles. The highest BCUT2D eigenvalue weighted by molar-refractivity contribution is 7.92. The number of nitrogens with zero attached hydrogens (tertiary/aromatic N) is 2. The maximum absolute atomic E-state index is 13.3. The fraction of sp³-hybridized carbons (Fsp3) is 0.100. The zero-order valence-corrected chi connectivity index (χ0v) is 15.8. The second-order valence-electron chi connectivity index (χ2n) is 6.22. The molecule has 3 rings (SSSR count). The summed E-state index contributed by atoms with van der Waals surface area (Å²) in [5.74, 6) is -0.413. The van der Waals surface area contributed by atoms with E-state index < -0.39 is 20.8 Å². The number of hydrogen-bond donors (Lipinski definition) is 0. The molecule has 0 radical (unpaired) electrons. The Bertz CT molecular complexity index is 1080. The fourth-order valence-corrected chi connectivity index (χ4v) is 4.10. The van der Waals surface area contributed by atoms with E-state index in [0.717, 1.165) is 17.7 Å². The van der Waals surface area contributed by atoms with Crippen molar-refractivity contribution in [2.75, 3.05) is 4.31 Å². The van der Waals surface area contributed by atoms with E-state index in [9.17, 15) is 22.9 Å². The van der Waals surface area contributed by atoms with E-state index in [4.69, 9.17) is 0 Å². The van der Waals surface area contributed by atoms with E-state index in [0.29, 0.717) is 11.3 Å². The number of halogens is 1. The SMILES string of the molecule is Cc1ccc(N(Cc2ccc(F)cc2)S(=O)(=O)c2ccc([N+](=O)[O-])cc2)cc1. The maximum Gasteiger partial charge on any atom is 0.269 e. The van der Waals surface area contributed by atoms with E-state index in [2.05, 4.69) is 0 Å². The van der Waals surface area contributed by atoms with Crippen molar-refractivity contribution in [2.45, 2.75) is 18.4 Å². The molecule has 0 aromatic heterocycles. The lowest BCUT2D eigenvalue weighted by atomic mass is 10.2. The minimum Gasteiger partial charge on any atom is -0.262 e. The molecule has 0 unspecified atom stereocenters. The largest absolute Gasteiger partial charge is 0.269 e. The van der Waals surface area contributed by atoms with Crippen LogP contribution in [0.1, 0.15) is 11.1 Å². The average Bonchev–Trinajstić information content (AvgIpc) is 2.68. The highest BCUT2D eigenvalue weighted by atomic mass is 32.2. The molecular weight excluding hydrogens is 383 g/mol. The Morgan fingerprint density at radius 3 is 2.04 bits per heavy atom. The number of aryl methyl sites for hydroxylation is 1. The first-order chi connectivity index (χ1) is 13.3. The summed E-state index contributed by atoms with van der Waals surface area (Å²) < 4.78 is 40.9. The first-order valence-electron chi connectivity index (χ1n) is 8.36. The molecule has 0 aliphatic rings. The Hall–Kier alpha value is -3.26. The highest BCUT2D eigenvalue weighted by Crippen LogP contribution is 2.27. The van der Waals surface area contributed by atoms with Gasteiger partial charge in [-0.15, -0.1) is 0 Å². The van der Waals surface area contributed by atoms with Crippen molar-refractivity contribution in [3.63, 3.8) is 0 Å². The van der Waals surface area contributed by atoms with Gasteiger partial charge in [0.05, 0.1) is 22.1 Å². The monoisotopic (exact) mass is 400 g/mol. The van der Waals surface area contributed by atoms with Crippen LogP contribution in [0.4, 0.5) is 15.8 Å². The molecule has 6 nitrogen and oxygen atoms in total. The first-order valence-corrected chi connectivity index (χ1v) is 9.80. The van der Waals surface area contributed by atoms with Crippen molar-refractivity contribution in [3.8, 4) is 0 Å². The molecule has 0 N–H and O–H groups in total. The van der Waals surface area contributed by atoms with Crippen LogP contribution in [0.2, 0.25) is 0 Å². The maximum atomic E-state index is 13.3. The van der Waals surface area contributed by atoms with Crippen LogP contribution in [0.5, 0.6) is 0 Å². The molecule has 0 saturated heterocycles. The van der Waals surface area contributed by atoms with Crippen molar-refractivity contribution < 1.29 is 17.7 Å². The first kappa shape index (κ1) is 19.5. The van der Waals surface area contributed by atoms with Crippen LogP contribution in [0.15, 0.2) is 77.7 Å². The zero-order chi connectivity index (χ0) is 20.3. The molecule has 144 valence electrons. The van der Waals surface area contributed by atoms with Crippen LogP contribution in [0.3, 0.4) is 0 Å². The second-order valence-corrected chi connectivity index (χ2v) is 8.09. The van der Waals surface area contributed by atoms with Crippen LogP contribution in [-0.2, 0) is 16.6 Å². The standard InChI is InChI=1S/C20H17FN2O4S/c1-15-2-8-18(9-3-15)22(14-16-4-6-17(21)7-5-16)28(26,27)20-12-10-19(11-13-20)23(24)25/h2-13H,14H2,1H3. The van der Waals surface area contributed by atoms with Gasteiger partial charge in [-0.3, -0.25) is 14.4 Å². The van der Waals surface area contributed by atoms with Gasteiger partial charge >= 0.3 is 0 Å². The van der Waals surface area contributed by atoms with Crippen LogP contribution in [0.25, 0.3) is 0 Å². The Morgan fingerprint density at radius 1 is 0.929 bits per heavy atom. The van der Waals surface area contributed by atoms with Gasteiger partial charge in [0.15, 0.2) is 0 Å². The van der Waals surface area contributed by atoms with Gasteiger partial charge in [-0.25, -0.2) is 12.8 Å². The summed E-state index contributed by atoms with van der Waals surface area (Å²) in [5, 5.41) is 10.8. The van der Waals surface area contributed by atoms with E-state index in [1.807, 2.05) is 6.92 Å². The van der Waals surface area contributed by atoms with Gasteiger partial charge in [0.1, 0.15) is 5.82 Å². The number of non-ortho nitro benzene ring substituents is 1. The molecule has 3 aromatic rings. The van der Waals surface area contributed by atoms with Crippen LogP contribution in [0, 0.1) is 22.9 Å². The van der Waals surface area contributed by atoms with Gasteiger partial charge in [0, 0.05) is 12.1 Å². The van der Waals surface area contributed by atoms with Crippen LogP contribution < -0.4 is 4.31 Å². The van der Waals surface area contributed by atoms with Crippen LogP contribution >= 0.6 is 0 Å². The number of hydrogen-bond acceptors (Lipinski definition) is 4. The van der Waals surface area contributed by atoms with Crippen LogP contribution in [-0.4, -0.2) is 13.3 Å². The summed E-state index contributed by atoms with van der Waals surface area (Å²) >= 11 is 0. The van der Waals surface area contributed by atoms with Crippen molar-refractivity contribution in [1.29, 1.82) is 0 Å². The molecule has 0 aliphatic carbocycles. The predicted octanol–water partition coefficient (Wildman–Crippen LogP) is 4.44. The normalized spacial score (nSPS) is 11.2. The smallest absolute Gasteiger partial charge is 0.262 e. The lowest BCUT2D eigenvalue weighted by Gasteiger charge is -2.25. The summed E-state index contributed by atoms with van der Waals surface area (Å²) in [4.78, 5) is 10.2. The minimum absolute atomic E-state index is 0.0112. The number of sulfonamides is 1. The summed E-state index contributed by atoms with van der Waals surface area (Å²) in [6.07, 6.45) is 0. The molecule has 0 aliphatic heterocycles. The molecule has 0 amide bonds. The fourth-order valence-electron chi connectivity index (χ4n) is 2.65. The Kier molecular flexibility index (Phi) is 5.41. The number of nitro benzene ring substituents is 1. The lowest BCUT2D eigenvalue weighted by molar-refractivity contribution is -0.384. The molecule has 0 bridgehead atoms. The molecule has 0 spiro atoms. The quantitative estimate of drug-likeness (QED) is 0.453. The third kappa shape index (κ3) is 4.17. The van der Waals surface area contributed by atoms with Gasteiger partial charge in [-0.05, 0) is 48.9 Å².